The third kappa shape index (κ3) is 4.27. The first kappa shape index (κ1) is 21.3. The van der Waals surface area contributed by atoms with Gasteiger partial charge in [0.1, 0.15) is 5.70 Å². The Balaban J connectivity index is 2.01. The molecule has 2 aromatic rings. The van der Waals surface area contributed by atoms with Crippen LogP contribution >= 0.6 is 0 Å². The Morgan fingerprint density at radius 1 is 0.833 bits per heavy atom. The number of anilines is 2. The van der Waals surface area contributed by atoms with Gasteiger partial charge < -0.3 is 10.6 Å². The summed E-state index contributed by atoms with van der Waals surface area (Å²) >= 11 is 0. The first-order chi connectivity index (χ1) is 14.2. The molecule has 0 aliphatic carbocycles. The van der Waals surface area contributed by atoms with E-state index in [1.807, 2.05) is 38.1 Å². The third-order valence-corrected chi connectivity index (χ3v) is 4.97. The lowest BCUT2D eigenvalue weighted by molar-refractivity contribution is -0.138. The minimum absolute atomic E-state index is 0.174. The van der Waals surface area contributed by atoms with Gasteiger partial charge in [-0.3, -0.25) is 19.3 Å². The number of carbonyl (C=O) groups is 3. The molecule has 3 rings (SSSR count). The van der Waals surface area contributed by atoms with Gasteiger partial charge in [-0.2, -0.15) is 0 Å². The van der Waals surface area contributed by atoms with Crippen LogP contribution in [0.15, 0.2) is 54.2 Å². The quantitative estimate of drug-likeness (QED) is 0.700. The molecule has 0 radical (unpaired) electrons. The Morgan fingerprint density at radius 2 is 1.40 bits per heavy atom. The smallest absolute Gasteiger partial charge is 0.278 e. The number of hydrogen-bond acceptors (Lipinski definition) is 4. The van der Waals surface area contributed by atoms with Crippen molar-refractivity contribution in [2.75, 3.05) is 10.6 Å². The summed E-state index contributed by atoms with van der Waals surface area (Å²) in [5.74, 6) is -0.443. The van der Waals surface area contributed by atoms with Gasteiger partial charge in [-0.15, -0.1) is 0 Å². The van der Waals surface area contributed by atoms with E-state index in [0.717, 1.165) is 5.69 Å². The first-order valence-corrected chi connectivity index (χ1v) is 10.1. The minimum Gasteiger partial charge on any atom is -0.350 e. The molecule has 0 fully saturated rings. The second kappa shape index (κ2) is 8.53. The van der Waals surface area contributed by atoms with Gasteiger partial charge in [0.15, 0.2) is 0 Å². The van der Waals surface area contributed by atoms with E-state index in [4.69, 9.17) is 0 Å². The highest BCUT2D eigenvalue weighted by molar-refractivity contribution is 6.36. The maximum atomic E-state index is 13.1. The third-order valence-electron chi connectivity index (χ3n) is 4.97. The molecule has 1 heterocycles. The van der Waals surface area contributed by atoms with Crippen LogP contribution in [0.1, 0.15) is 51.7 Å². The molecule has 156 valence electrons. The molecule has 0 saturated heterocycles. The Bertz CT molecular complexity index is 1000. The van der Waals surface area contributed by atoms with Crippen LogP contribution in [-0.2, 0) is 14.4 Å². The van der Waals surface area contributed by atoms with Gasteiger partial charge >= 0.3 is 0 Å². The Morgan fingerprint density at radius 3 is 1.90 bits per heavy atom. The second-order valence-corrected chi connectivity index (χ2v) is 7.98. The van der Waals surface area contributed by atoms with E-state index in [2.05, 4.69) is 24.5 Å². The lowest BCUT2D eigenvalue weighted by Gasteiger charge is -2.19. The maximum absolute atomic E-state index is 13.1. The van der Waals surface area contributed by atoms with Gasteiger partial charge in [-0.25, -0.2) is 0 Å². The Hall–Kier alpha value is -3.41. The predicted octanol–water partition coefficient (Wildman–Crippen LogP) is 4.37. The van der Waals surface area contributed by atoms with Gasteiger partial charge in [-0.05, 0) is 55.2 Å². The summed E-state index contributed by atoms with van der Waals surface area (Å²) < 4.78 is 0. The second-order valence-electron chi connectivity index (χ2n) is 7.98. The maximum Gasteiger partial charge on any atom is 0.278 e. The zero-order chi connectivity index (χ0) is 22.0. The molecule has 0 saturated carbocycles. The van der Waals surface area contributed by atoms with Gasteiger partial charge in [0.05, 0.1) is 5.57 Å². The number of nitrogens with one attached hydrogen (secondary N) is 2. The summed E-state index contributed by atoms with van der Waals surface area (Å²) in [5.41, 5.74) is 3.78. The number of hydrogen-bond donors (Lipinski definition) is 2. The van der Waals surface area contributed by atoms with Crippen LogP contribution in [0.4, 0.5) is 11.4 Å². The van der Waals surface area contributed by atoms with Crippen molar-refractivity contribution < 1.29 is 14.4 Å². The van der Waals surface area contributed by atoms with Gasteiger partial charge in [0.25, 0.3) is 11.8 Å². The standard InChI is InChI=1S/C24H27N3O3/c1-14(2)17-6-10-20(11-7-17)26-22-21(23(29)27(15(3)4)24(22)30)18-8-12-19(13-9-18)25-16(5)28/h6-15,26H,1-5H3,(H,25,28). The summed E-state index contributed by atoms with van der Waals surface area (Å²) in [5, 5.41) is 5.87. The number of benzene rings is 2. The molecule has 0 spiro atoms. The Kier molecular flexibility index (Phi) is 6.06. The lowest BCUT2D eigenvalue weighted by atomic mass is 10.0. The molecule has 2 N–H and O–H groups in total. The lowest BCUT2D eigenvalue weighted by Crippen LogP contribution is -2.38. The molecule has 0 atom stereocenters. The average molecular weight is 405 g/mol. The zero-order valence-corrected chi connectivity index (χ0v) is 17.9. The molecule has 6 heteroatoms. The average Bonchev–Trinajstić information content (AvgIpc) is 2.92. The highest BCUT2D eigenvalue weighted by Gasteiger charge is 2.40. The van der Waals surface area contributed by atoms with Gasteiger partial charge in [0, 0.05) is 24.3 Å². The first-order valence-electron chi connectivity index (χ1n) is 10.1. The Labute approximate surface area is 177 Å². The van der Waals surface area contributed by atoms with Crippen molar-refractivity contribution in [1.82, 2.24) is 4.90 Å². The number of imide groups is 1. The normalized spacial score (nSPS) is 14.2. The highest BCUT2D eigenvalue weighted by atomic mass is 16.2. The van der Waals surface area contributed by atoms with Crippen LogP contribution in [0.3, 0.4) is 0 Å². The van der Waals surface area contributed by atoms with Crippen LogP contribution in [0, 0.1) is 0 Å². The number of carbonyl (C=O) groups excluding carboxylic acids is 3. The van der Waals surface area contributed by atoms with Crippen LogP contribution in [-0.4, -0.2) is 28.7 Å². The molecule has 30 heavy (non-hydrogen) atoms. The number of nitrogens with zero attached hydrogens (tertiary/aromatic N) is 1. The molecule has 0 aromatic heterocycles. The number of amides is 3. The molecule has 3 amide bonds. The van der Waals surface area contributed by atoms with Crippen molar-refractivity contribution >= 4 is 34.7 Å². The van der Waals surface area contributed by atoms with Crippen LogP contribution in [0.5, 0.6) is 0 Å². The molecule has 1 aliphatic heterocycles. The van der Waals surface area contributed by atoms with E-state index in [1.165, 1.54) is 17.4 Å². The van der Waals surface area contributed by atoms with Gasteiger partial charge in [0.2, 0.25) is 5.91 Å². The van der Waals surface area contributed by atoms with Crippen molar-refractivity contribution in [3.63, 3.8) is 0 Å². The predicted molar refractivity (Wildman–Crippen MR) is 119 cm³/mol. The molecule has 0 bridgehead atoms. The van der Waals surface area contributed by atoms with Crippen molar-refractivity contribution in [2.24, 2.45) is 0 Å². The van der Waals surface area contributed by atoms with Crippen LogP contribution in [0.2, 0.25) is 0 Å². The monoisotopic (exact) mass is 405 g/mol. The number of rotatable bonds is 6. The summed E-state index contributed by atoms with van der Waals surface area (Å²) in [6.45, 7) is 9.30. The van der Waals surface area contributed by atoms with E-state index < -0.39 is 0 Å². The van der Waals surface area contributed by atoms with E-state index >= 15 is 0 Å². The van der Waals surface area contributed by atoms with Crippen molar-refractivity contribution in [2.45, 2.75) is 46.6 Å². The zero-order valence-electron chi connectivity index (χ0n) is 17.9. The van der Waals surface area contributed by atoms with Crippen molar-refractivity contribution in [3.8, 4) is 0 Å². The largest absolute Gasteiger partial charge is 0.350 e. The summed E-state index contributed by atoms with van der Waals surface area (Å²) in [7, 11) is 0. The van der Waals surface area contributed by atoms with E-state index in [9.17, 15) is 14.4 Å². The van der Waals surface area contributed by atoms with E-state index in [0.29, 0.717) is 22.7 Å². The molecular formula is C24H27N3O3. The SMILES string of the molecule is CC(=O)Nc1ccc(C2=C(Nc3ccc(C(C)C)cc3)C(=O)N(C(C)C)C2=O)cc1. The molecular weight excluding hydrogens is 378 g/mol. The fourth-order valence-corrected chi connectivity index (χ4v) is 3.42. The van der Waals surface area contributed by atoms with Crippen molar-refractivity contribution in [3.05, 3.63) is 65.4 Å². The molecule has 0 unspecified atom stereocenters. The molecule has 6 nitrogen and oxygen atoms in total. The van der Waals surface area contributed by atoms with E-state index in [1.54, 1.807) is 24.3 Å². The summed E-state index contributed by atoms with van der Waals surface area (Å²) in [6.07, 6.45) is 0. The minimum atomic E-state index is -0.344. The van der Waals surface area contributed by atoms with Gasteiger partial charge in [-0.1, -0.05) is 38.1 Å². The van der Waals surface area contributed by atoms with Crippen LogP contribution < -0.4 is 10.6 Å². The van der Waals surface area contributed by atoms with Crippen LogP contribution in [0.25, 0.3) is 5.57 Å². The topological polar surface area (TPSA) is 78.5 Å². The molecule has 1 aliphatic rings. The summed E-state index contributed by atoms with van der Waals surface area (Å²) in [4.78, 5) is 38.7. The molecule has 2 aromatic carbocycles. The fourth-order valence-electron chi connectivity index (χ4n) is 3.42. The summed E-state index contributed by atoms with van der Waals surface area (Å²) in [6, 6.07) is 14.5. The van der Waals surface area contributed by atoms with E-state index in [-0.39, 0.29) is 29.5 Å². The fraction of sp³-hybridized carbons (Fsp3) is 0.292. The highest BCUT2D eigenvalue weighted by Crippen LogP contribution is 2.32. The van der Waals surface area contributed by atoms with Crippen molar-refractivity contribution in [1.29, 1.82) is 0 Å².